The van der Waals surface area contributed by atoms with Crippen molar-refractivity contribution in [2.24, 2.45) is 7.05 Å². The van der Waals surface area contributed by atoms with E-state index in [1.807, 2.05) is 0 Å². The van der Waals surface area contributed by atoms with Crippen LogP contribution in [0.1, 0.15) is 10.5 Å². The fourth-order valence-electron chi connectivity index (χ4n) is 1.78. The molecule has 6 heteroatoms. The highest BCUT2D eigenvalue weighted by Crippen LogP contribution is 2.33. The zero-order valence-electron chi connectivity index (χ0n) is 9.72. The van der Waals surface area contributed by atoms with Gasteiger partial charge in [0.15, 0.2) is 17.2 Å². The van der Waals surface area contributed by atoms with E-state index in [-0.39, 0.29) is 5.69 Å². The highest BCUT2D eigenvalue weighted by atomic mass is 16.5. The van der Waals surface area contributed by atoms with E-state index in [1.165, 1.54) is 18.9 Å². The molecule has 0 aliphatic rings. The molecule has 0 amide bonds. The Morgan fingerprint density at radius 2 is 1.88 bits per heavy atom. The average molecular weight is 236 g/mol. The molecule has 2 rings (SSSR count). The molecule has 0 aliphatic carbocycles. The monoisotopic (exact) mass is 236 g/mol. The highest BCUT2D eigenvalue weighted by Gasteiger charge is 2.18. The predicted molar refractivity (Wildman–Crippen MR) is 60.8 cm³/mol. The summed E-state index contributed by atoms with van der Waals surface area (Å²) in [6, 6.07) is 3.27. The molecule has 0 saturated heterocycles. The molecule has 2 aromatic rings. The van der Waals surface area contributed by atoms with Crippen molar-refractivity contribution in [1.82, 2.24) is 9.78 Å². The van der Waals surface area contributed by atoms with Gasteiger partial charge in [-0.25, -0.2) is 4.79 Å². The third-order valence-electron chi connectivity index (χ3n) is 2.54. The van der Waals surface area contributed by atoms with E-state index in [0.29, 0.717) is 22.4 Å². The van der Waals surface area contributed by atoms with Crippen molar-refractivity contribution in [1.29, 1.82) is 0 Å². The van der Waals surface area contributed by atoms with Crippen LogP contribution in [0.4, 0.5) is 0 Å². The minimum atomic E-state index is -1.03. The lowest BCUT2D eigenvalue weighted by Gasteiger charge is -2.06. The summed E-state index contributed by atoms with van der Waals surface area (Å²) in [5.41, 5.74) is 0.684. The van der Waals surface area contributed by atoms with Crippen LogP contribution in [-0.2, 0) is 7.05 Å². The van der Waals surface area contributed by atoms with Crippen LogP contribution < -0.4 is 9.47 Å². The molecule has 90 valence electrons. The van der Waals surface area contributed by atoms with Crippen LogP contribution in [0.2, 0.25) is 0 Å². The second-order valence-corrected chi connectivity index (χ2v) is 3.50. The number of fused-ring (bicyclic) bond motifs is 1. The lowest BCUT2D eigenvalue weighted by atomic mass is 10.2. The highest BCUT2D eigenvalue weighted by molar-refractivity contribution is 6.02. The van der Waals surface area contributed by atoms with Crippen LogP contribution in [-0.4, -0.2) is 35.1 Å². The van der Waals surface area contributed by atoms with Crippen LogP contribution in [0.5, 0.6) is 11.5 Å². The molecule has 6 nitrogen and oxygen atoms in total. The third-order valence-corrected chi connectivity index (χ3v) is 2.54. The Morgan fingerprint density at radius 1 is 1.29 bits per heavy atom. The van der Waals surface area contributed by atoms with Gasteiger partial charge in [-0.3, -0.25) is 4.68 Å². The number of nitrogens with zero attached hydrogens (tertiary/aromatic N) is 2. The van der Waals surface area contributed by atoms with Crippen molar-refractivity contribution in [3.63, 3.8) is 0 Å². The average Bonchev–Trinajstić information content (AvgIpc) is 2.61. The molecule has 0 aliphatic heterocycles. The summed E-state index contributed by atoms with van der Waals surface area (Å²) in [4.78, 5) is 11.1. The maximum Gasteiger partial charge on any atom is 0.354 e. The Bertz CT molecular complexity index is 589. The summed E-state index contributed by atoms with van der Waals surface area (Å²) in [6.07, 6.45) is 0. The largest absolute Gasteiger partial charge is 0.493 e. The molecule has 1 heterocycles. The minimum Gasteiger partial charge on any atom is -0.493 e. The number of aromatic carboxylic acids is 1. The minimum absolute atomic E-state index is 0.126. The number of aromatic nitrogens is 2. The Balaban J connectivity index is 2.79. The number of rotatable bonds is 3. The number of ether oxygens (including phenoxy) is 2. The van der Waals surface area contributed by atoms with Gasteiger partial charge in [-0.1, -0.05) is 0 Å². The van der Waals surface area contributed by atoms with E-state index in [4.69, 9.17) is 14.6 Å². The fraction of sp³-hybridized carbons (Fsp3) is 0.273. The van der Waals surface area contributed by atoms with Crippen LogP contribution >= 0.6 is 0 Å². The Hall–Kier alpha value is -2.24. The number of hydrogen-bond donors (Lipinski definition) is 1. The smallest absolute Gasteiger partial charge is 0.354 e. The van der Waals surface area contributed by atoms with E-state index in [2.05, 4.69) is 5.10 Å². The molecule has 1 N–H and O–H groups in total. The van der Waals surface area contributed by atoms with Crippen LogP contribution in [0.15, 0.2) is 12.1 Å². The van der Waals surface area contributed by atoms with Gasteiger partial charge in [-0.2, -0.15) is 5.10 Å². The van der Waals surface area contributed by atoms with Crippen LogP contribution in [0, 0.1) is 0 Å². The van der Waals surface area contributed by atoms with Crippen molar-refractivity contribution in [2.75, 3.05) is 14.2 Å². The normalized spacial score (nSPS) is 10.5. The zero-order valence-corrected chi connectivity index (χ0v) is 9.72. The van der Waals surface area contributed by atoms with Gasteiger partial charge in [-0.15, -0.1) is 0 Å². The van der Waals surface area contributed by atoms with E-state index < -0.39 is 5.97 Å². The number of methoxy groups -OCH3 is 2. The van der Waals surface area contributed by atoms with Gasteiger partial charge in [0.05, 0.1) is 19.7 Å². The lowest BCUT2D eigenvalue weighted by molar-refractivity contribution is 0.0687. The Labute approximate surface area is 97.4 Å². The van der Waals surface area contributed by atoms with Gasteiger partial charge in [0, 0.05) is 18.5 Å². The molecule has 17 heavy (non-hydrogen) atoms. The van der Waals surface area contributed by atoms with Crippen LogP contribution in [0.3, 0.4) is 0 Å². The lowest BCUT2D eigenvalue weighted by Crippen LogP contribution is -2.05. The number of aryl methyl sites for hydroxylation is 1. The standard InChI is InChI=1S/C11H12N2O4/c1-13-10(11(14)15)6-4-8(16-2)9(17-3)5-7(6)12-13/h4-5H,1-3H3,(H,14,15). The SMILES string of the molecule is COc1cc2nn(C)c(C(=O)O)c2cc1OC. The van der Waals surface area contributed by atoms with Crippen molar-refractivity contribution in [3.05, 3.63) is 17.8 Å². The first-order valence-electron chi connectivity index (χ1n) is 4.90. The summed E-state index contributed by atoms with van der Waals surface area (Å²) < 4.78 is 11.6. The summed E-state index contributed by atoms with van der Waals surface area (Å²) in [5.74, 6) is -0.0206. The Kier molecular flexibility index (Phi) is 2.63. The van der Waals surface area contributed by atoms with Gasteiger partial charge >= 0.3 is 5.97 Å². The summed E-state index contributed by atoms with van der Waals surface area (Å²) in [6.45, 7) is 0. The van der Waals surface area contributed by atoms with Gasteiger partial charge in [0.2, 0.25) is 0 Å². The zero-order chi connectivity index (χ0) is 12.6. The number of hydrogen-bond acceptors (Lipinski definition) is 4. The van der Waals surface area contributed by atoms with Crippen molar-refractivity contribution in [3.8, 4) is 11.5 Å². The van der Waals surface area contributed by atoms with Gasteiger partial charge in [0.25, 0.3) is 0 Å². The molecule has 0 spiro atoms. The van der Waals surface area contributed by atoms with Gasteiger partial charge in [-0.05, 0) is 6.07 Å². The first-order valence-corrected chi connectivity index (χ1v) is 4.90. The fourth-order valence-corrected chi connectivity index (χ4v) is 1.78. The molecule has 1 aromatic carbocycles. The topological polar surface area (TPSA) is 73.6 Å². The van der Waals surface area contributed by atoms with E-state index in [1.54, 1.807) is 19.2 Å². The number of carboxylic acids is 1. The number of carbonyl (C=O) groups is 1. The number of carboxylic acid groups (broad SMARTS) is 1. The summed E-state index contributed by atoms with van der Waals surface area (Å²) in [7, 11) is 4.60. The molecule has 0 unspecified atom stereocenters. The quantitative estimate of drug-likeness (QED) is 0.869. The molecular formula is C11H12N2O4. The molecule has 0 fully saturated rings. The first-order chi connectivity index (χ1) is 8.08. The second-order valence-electron chi connectivity index (χ2n) is 3.50. The Morgan fingerprint density at radius 3 is 2.41 bits per heavy atom. The maximum atomic E-state index is 11.1. The predicted octanol–water partition coefficient (Wildman–Crippen LogP) is 1.29. The molecular weight excluding hydrogens is 224 g/mol. The van der Waals surface area contributed by atoms with Crippen molar-refractivity contribution in [2.45, 2.75) is 0 Å². The van der Waals surface area contributed by atoms with Gasteiger partial charge in [0.1, 0.15) is 0 Å². The van der Waals surface area contributed by atoms with Crippen molar-refractivity contribution >= 4 is 16.9 Å². The molecule has 0 saturated carbocycles. The molecule has 0 atom stereocenters. The number of benzene rings is 1. The van der Waals surface area contributed by atoms with E-state index in [9.17, 15) is 4.79 Å². The maximum absolute atomic E-state index is 11.1. The van der Waals surface area contributed by atoms with Crippen molar-refractivity contribution < 1.29 is 19.4 Å². The summed E-state index contributed by atoms with van der Waals surface area (Å²) in [5, 5.41) is 13.8. The second kappa shape index (κ2) is 3.97. The van der Waals surface area contributed by atoms with E-state index >= 15 is 0 Å². The first kappa shape index (κ1) is 11.3. The molecule has 0 bridgehead atoms. The summed E-state index contributed by atoms with van der Waals surface area (Å²) >= 11 is 0. The molecule has 1 aromatic heterocycles. The van der Waals surface area contributed by atoms with Crippen LogP contribution in [0.25, 0.3) is 10.9 Å². The van der Waals surface area contributed by atoms with Gasteiger partial charge < -0.3 is 14.6 Å². The third kappa shape index (κ3) is 1.67. The van der Waals surface area contributed by atoms with E-state index in [0.717, 1.165) is 0 Å². The molecule has 0 radical (unpaired) electrons.